The minimum atomic E-state index is -0.440. The summed E-state index contributed by atoms with van der Waals surface area (Å²) in [5.41, 5.74) is 1.42. The quantitative estimate of drug-likeness (QED) is 0.533. The van der Waals surface area contributed by atoms with E-state index in [1.54, 1.807) is 13.0 Å². The van der Waals surface area contributed by atoms with Crippen molar-refractivity contribution in [2.45, 2.75) is 13.8 Å². The van der Waals surface area contributed by atoms with E-state index in [1.165, 1.54) is 6.07 Å². The Hall–Kier alpha value is -2.08. The number of ether oxygens (including phenoxy) is 1. The number of nitro groups is 1. The number of H-pyrrole nitrogens is 1. The number of non-ortho nitro benzene ring substituents is 1. The standard InChI is InChI=1S/C9H7ClN2O2.C3H6O2/c1-5-2-6-3-7(10)4-8(12(13)14)9(6)11-5;1-2-5-3-4/h2-4,11H,1H3;3H,2H2,1H3. The molecule has 1 aromatic carbocycles. The number of hydrogen-bond donors (Lipinski definition) is 1. The van der Waals surface area contributed by atoms with Crippen LogP contribution in [0.3, 0.4) is 0 Å². The van der Waals surface area contributed by atoms with Crippen LogP contribution in [0.4, 0.5) is 5.69 Å². The molecule has 0 saturated heterocycles. The molecule has 0 atom stereocenters. The lowest BCUT2D eigenvalue weighted by Crippen LogP contribution is -1.89. The summed E-state index contributed by atoms with van der Waals surface area (Å²) >= 11 is 5.76. The first kappa shape index (κ1) is 15.0. The maximum Gasteiger partial charge on any atom is 0.294 e. The van der Waals surface area contributed by atoms with Crippen LogP contribution in [0.1, 0.15) is 12.6 Å². The number of aromatic amines is 1. The zero-order chi connectivity index (χ0) is 14.4. The van der Waals surface area contributed by atoms with Gasteiger partial charge in [-0.15, -0.1) is 0 Å². The van der Waals surface area contributed by atoms with Gasteiger partial charge in [-0.1, -0.05) is 11.6 Å². The molecule has 1 heterocycles. The van der Waals surface area contributed by atoms with Gasteiger partial charge in [0.25, 0.3) is 12.2 Å². The summed E-state index contributed by atoms with van der Waals surface area (Å²) in [5.74, 6) is 0. The van der Waals surface area contributed by atoms with E-state index in [0.29, 0.717) is 23.6 Å². The van der Waals surface area contributed by atoms with Crippen LogP contribution in [0.15, 0.2) is 18.2 Å². The van der Waals surface area contributed by atoms with Crippen LogP contribution in [0.5, 0.6) is 0 Å². The number of aryl methyl sites for hydroxylation is 1. The van der Waals surface area contributed by atoms with E-state index in [-0.39, 0.29) is 5.69 Å². The van der Waals surface area contributed by atoms with Gasteiger partial charge in [-0.25, -0.2) is 0 Å². The van der Waals surface area contributed by atoms with E-state index >= 15 is 0 Å². The van der Waals surface area contributed by atoms with Crippen LogP contribution in [0, 0.1) is 17.0 Å². The van der Waals surface area contributed by atoms with Crippen molar-refractivity contribution >= 4 is 34.7 Å². The molecule has 6 nitrogen and oxygen atoms in total. The van der Waals surface area contributed by atoms with Crippen molar-refractivity contribution in [3.05, 3.63) is 39.0 Å². The summed E-state index contributed by atoms with van der Waals surface area (Å²) in [6.45, 7) is 4.51. The van der Waals surface area contributed by atoms with Crippen molar-refractivity contribution in [2.24, 2.45) is 0 Å². The molecule has 7 heteroatoms. The summed E-state index contributed by atoms with van der Waals surface area (Å²) in [7, 11) is 0. The first-order valence-electron chi connectivity index (χ1n) is 5.48. The molecule has 0 amide bonds. The molecule has 0 unspecified atom stereocenters. The number of carbonyl (C=O) groups is 1. The van der Waals surface area contributed by atoms with E-state index in [0.717, 1.165) is 11.1 Å². The number of nitro benzene ring substituents is 1. The topological polar surface area (TPSA) is 85.2 Å². The first-order valence-corrected chi connectivity index (χ1v) is 5.85. The van der Waals surface area contributed by atoms with Crippen molar-refractivity contribution < 1.29 is 14.5 Å². The Morgan fingerprint density at radius 1 is 1.47 bits per heavy atom. The maximum atomic E-state index is 10.7. The van der Waals surface area contributed by atoms with Crippen molar-refractivity contribution in [1.29, 1.82) is 0 Å². The number of aromatic nitrogens is 1. The number of fused-ring (bicyclic) bond motifs is 1. The highest BCUT2D eigenvalue weighted by molar-refractivity contribution is 6.31. The second-order valence-corrected chi connectivity index (χ2v) is 4.09. The van der Waals surface area contributed by atoms with Gasteiger partial charge >= 0.3 is 0 Å². The second kappa shape index (κ2) is 6.75. The van der Waals surface area contributed by atoms with Crippen molar-refractivity contribution in [3.8, 4) is 0 Å². The second-order valence-electron chi connectivity index (χ2n) is 3.65. The highest BCUT2D eigenvalue weighted by Crippen LogP contribution is 2.29. The Kier molecular flexibility index (Phi) is 5.32. The fraction of sp³-hybridized carbons (Fsp3) is 0.250. The summed E-state index contributed by atoms with van der Waals surface area (Å²) in [5, 5.41) is 11.8. The van der Waals surface area contributed by atoms with Gasteiger partial charge in [-0.05, 0) is 26.0 Å². The highest BCUT2D eigenvalue weighted by atomic mass is 35.5. The van der Waals surface area contributed by atoms with Gasteiger partial charge in [0.1, 0.15) is 5.52 Å². The average Bonchev–Trinajstić information content (AvgIpc) is 2.69. The Balaban J connectivity index is 0.000000312. The molecule has 0 spiro atoms. The highest BCUT2D eigenvalue weighted by Gasteiger charge is 2.14. The van der Waals surface area contributed by atoms with Gasteiger partial charge in [0.2, 0.25) is 0 Å². The van der Waals surface area contributed by atoms with Gasteiger partial charge in [-0.3, -0.25) is 14.9 Å². The summed E-state index contributed by atoms with van der Waals surface area (Å²) in [4.78, 5) is 22.4. The molecule has 0 radical (unpaired) electrons. The Labute approximate surface area is 114 Å². The van der Waals surface area contributed by atoms with Gasteiger partial charge in [-0.2, -0.15) is 0 Å². The van der Waals surface area contributed by atoms with Crippen LogP contribution in [0.25, 0.3) is 10.9 Å². The lowest BCUT2D eigenvalue weighted by Gasteiger charge is -1.94. The number of nitrogens with zero attached hydrogens (tertiary/aromatic N) is 1. The Bertz CT molecular complexity index is 595. The molecular formula is C12H13ClN2O4. The van der Waals surface area contributed by atoms with Crippen LogP contribution in [-0.4, -0.2) is 23.0 Å². The Morgan fingerprint density at radius 3 is 2.63 bits per heavy atom. The van der Waals surface area contributed by atoms with Gasteiger partial charge in [0.15, 0.2) is 0 Å². The molecule has 2 aromatic rings. The largest absolute Gasteiger partial charge is 0.468 e. The van der Waals surface area contributed by atoms with Crippen LogP contribution in [-0.2, 0) is 9.53 Å². The smallest absolute Gasteiger partial charge is 0.294 e. The van der Waals surface area contributed by atoms with Crippen molar-refractivity contribution in [1.82, 2.24) is 4.98 Å². The zero-order valence-electron chi connectivity index (χ0n) is 10.5. The van der Waals surface area contributed by atoms with E-state index in [2.05, 4.69) is 9.72 Å². The van der Waals surface area contributed by atoms with E-state index in [1.807, 2.05) is 13.0 Å². The number of benzene rings is 1. The SMILES string of the molecule is CCOC=O.Cc1cc2cc(Cl)cc([N+](=O)[O-])c2[nH]1. The van der Waals surface area contributed by atoms with Gasteiger partial charge < -0.3 is 9.72 Å². The van der Waals surface area contributed by atoms with Crippen molar-refractivity contribution in [3.63, 3.8) is 0 Å². The van der Waals surface area contributed by atoms with Gasteiger partial charge in [0.05, 0.1) is 11.5 Å². The number of hydrogen-bond acceptors (Lipinski definition) is 4. The molecule has 0 bridgehead atoms. The molecule has 0 aliphatic carbocycles. The molecule has 0 aliphatic rings. The third kappa shape index (κ3) is 3.96. The lowest BCUT2D eigenvalue weighted by atomic mass is 10.2. The van der Waals surface area contributed by atoms with Crippen LogP contribution >= 0.6 is 11.6 Å². The third-order valence-corrected chi connectivity index (χ3v) is 2.46. The van der Waals surface area contributed by atoms with Gasteiger partial charge in [0, 0.05) is 22.2 Å². The summed E-state index contributed by atoms with van der Waals surface area (Å²) in [6, 6.07) is 4.88. The predicted octanol–water partition coefficient (Wildman–Crippen LogP) is 3.22. The molecule has 0 fully saturated rings. The van der Waals surface area contributed by atoms with Crippen LogP contribution < -0.4 is 0 Å². The molecular weight excluding hydrogens is 272 g/mol. The number of carbonyl (C=O) groups excluding carboxylic acids is 1. The first-order chi connectivity index (χ1) is 8.99. The molecule has 2 rings (SSSR count). The lowest BCUT2D eigenvalue weighted by molar-refractivity contribution is -0.383. The normalized spacial score (nSPS) is 9.63. The maximum absolute atomic E-state index is 10.7. The summed E-state index contributed by atoms with van der Waals surface area (Å²) in [6.07, 6.45) is 0. The molecule has 0 aliphatic heterocycles. The minimum Gasteiger partial charge on any atom is -0.468 e. The summed E-state index contributed by atoms with van der Waals surface area (Å²) < 4.78 is 4.15. The fourth-order valence-corrected chi connectivity index (χ4v) is 1.76. The number of halogens is 1. The number of nitrogens with one attached hydrogen (secondary N) is 1. The molecule has 1 N–H and O–H groups in total. The van der Waals surface area contributed by atoms with Crippen molar-refractivity contribution in [2.75, 3.05) is 6.61 Å². The Morgan fingerprint density at radius 2 is 2.16 bits per heavy atom. The molecule has 19 heavy (non-hydrogen) atoms. The predicted molar refractivity (Wildman–Crippen MR) is 72.4 cm³/mol. The monoisotopic (exact) mass is 284 g/mol. The number of rotatable bonds is 3. The third-order valence-electron chi connectivity index (χ3n) is 2.24. The molecule has 102 valence electrons. The fourth-order valence-electron chi connectivity index (χ4n) is 1.54. The van der Waals surface area contributed by atoms with Crippen LogP contribution in [0.2, 0.25) is 5.02 Å². The minimum absolute atomic E-state index is 0.0144. The average molecular weight is 285 g/mol. The molecule has 0 saturated carbocycles. The van der Waals surface area contributed by atoms with E-state index in [9.17, 15) is 14.9 Å². The van der Waals surface area contributed by atoms with E-state index < -0.39 is 4.92 Å². The molecule has 1 aromatic heterocycles. The zero-order valence-corrected chi connectivity index (χ0v) is 11.2. The van der Waals surface area contributed by atoms with E-state index in [4.69, 9.17) is 11.6 Å².